The van der Waals surface area contributed by atoms with E-state index in [-0.39, 0.29) is 5.91 Å². The zero-order valence-corrected chi connectivity index (χ0v) is 15.6. The highest BCUT2D eigenvalue weighted by molar-refractivity contribution is 5.76. The minimum absolute atomic E-state index is 0.0477. The van der Waals surface area contributed by atoms with Crippen LogP contribution in [-0.2, 0) is 17.8 Å². The van der Waals surface area contributed by atoms with Crippen molar-refractivity contribution in [3.63, 3.8) is 0 Å². The van der Waals surface area contributed by atoms with E-state index in [1.807, 2.05) is 42.5 Å². The molecule has 0 unspecified atom stereocenters. The lowest BCUT2D eigenvalue weighted by molar-refractivity contribution is -0.121. The molecule has 1 amide bonds. The highest BCUT2D eigenvalue weighted by Crippen LogP contribution is 2.29. The Morgan fingerprint density at radius 3 is 2.71 bits per heavy atom. The van der Waals surface area contributed by atoms with Crippen molar-refractivity contribution < 1.29 is 13.9 Å². The fourth-order valence-electron chi connectivity index (χ4n) is 2.76. The van der Waals surface area contributed by atoms with E-state index in [0.29, 0.717) is 42.8 Å². The fraction of sp³-hybridized carbons (Fsp3) is 0.318. The first kappa shape index (κ1) is 18.2. The Morgan fingerprint density at radius 1 is 1.11 bits per heavy atom. The number of pyridine rings is 1. The number of amides is 1. The molecule has 0 radical (unpaired) electrons. The third-order valence-corrected chi connectivity index (χ3v) is 4.63. The van der Waals surface area contributed by atoms with Gasteiger partial charge in [0, 0.05) is 37.2 Å². The standard InChI is InChI=1S/C22H23N3O3/c26-20(9-11-22-25-14-19(28-22)18-4-2-1-3-5-18)23-12-17-8-10-21(24-13-17)27-15-16-6-7-16/h1-5,8,10,13-14,16H,6-7,9,11-12,15H2,(H,23,26). The van der Waals surface area contributed by atoms with E-state index < -0.39 is 0 Å². The van der Waals surface area contributed by atoms with Gasteiger partial charge in [0.2, 0.25) is 11.8 Å². The number of hydrogen-bond acceptors (Lipinski definition) is 5. The Hall–Kier alpha value is -3.15. The number of ether oxygens (including phenoxy) is 1. The van der Waals surface area contributed by atoms with Gasteiger partial charge in [0.05, 0.1) is 12.8 Å². The SMILES string of the molecule is O=C(CCc1ncc(-c2ccccc2)o1)NCc1ccc(OCC2CC2)nc1. The van der Waals surface area contributed by atoms with Gasteiger partial charge in [-0.1, -0.05) is 36.4 Å². The summed E-state index contributed by atoms with van der Waals surface area (Å²) < 4.78 is 11.3. The number of nitrogens with one attached hydrogen (secondary N) is 1. The molecule has 0 spiro atoms. The number of carbonyl (C=O) groups is 1. The predicted molar refractivity (Wildman–Crippen MR) is 105 cm³/mol. The molecule has 0 aliphatic heterocycles. The van der Waals surface area contributed by atoms with Gasteiger partial charge in [0.25, 0.3) is 0 Å². The van der Waals surface area contributed by atoms with Crippen molar-refractivity contribution in [3.05, 3.63) is 66.3 Å². The van der Waals surface area contributed by atoms with Crippen LogP contribution < -0.4 is 10.1 Å². The number of aromatic nitrogens is 2. The number of oxazole rings is 1. The molecule has 28 heavy (non-hydrogen) atoms. The highest BCUT2D eigenvalue weighted by atomic mass is 16.5. The van der Waals surface area contributed by atoms with E-state index in [4.69, 9.17) is 9.15 Å². The molecule has 1 fully saturated rings. The molecule has 0 saturated heterocycles. The van der Waals surface area contributed by atoms with Gasteiger partial charge in [0.15, 0.2) is 11.7 Å². The molecule has 144 valence electrons. The summed E-state index contributed by atoms with van der Waals surface area (Å²) in [6, 6.07) is 13.6. The van der Waals surface area contributed by atoms with Crippen LogP contribution in [0.2, 0.25) is 0 Å². The molecule has 1 N–H and O–H groups in total. The summed E-state index contributed by atoms with van der Waals surface area (Å²) in [5, 5.41) is 2.90. The van der Waals surface area contributed by atoms with Crippen molar-refractivity contribution in [3.8, 4) is 17.2 Å². The molecule has 6 nitrogen and oxygen atoms in total. The van der Waals surface area contributed by atoms with Crippen molar-refractivity contribution >= 4 is 5.91 Å². The zero-order chi connectivity index (χ0) is 19.2. The molecule has 4 rings (SSSR count). The summed E-state index contributed by atoms with van der Waals surface area (Å²) >= 11 is 0. The van der Waals surface area contributed by atoms with Gasteiger partial charge in [-0.05, 0) is 24.3 Å². The van der Waals surface area contributed by atoms with E-state index in [1.54, 1.807) is 12.4 Å². The van der Waals surface area contributed by atoms with Gasteiger partial charge in [-0.15, -0.1) is 0 Å². The summed E-state index contributed by atoms with van der Waals surface area (Å²) in [4.78, 5) is 20.6. The molecule has 1 saturated carbocycles. The maximum atomic E-state index is 12.1. The number of rotatable bonds is 9. The Balaban J connectivity index is 1.20. The quantitative estimate of drug-likeness (QED) is 0.614. The maximum absolute atomic E-state index is 12.1. The van der Waals surface area contributed by atoms with Gasteiger partial charge < -0.3 is 14.5 Å². The normalized spacial score (nSPS) is 13.3. The summed E-state index contributed by atoms with van der Waals surface area (Å²) in [5.41, 5.74) is 1.91. The maximum Gasteiger partial charge on any atom is 0.220 e. The third-order valence-electron chi connectivity index (χ3n) is 4.63. The second-order valence-electron chi connectivity index (χ2n) is 7.02. The summed E-state index contributed by atoms with van der Waals surface area (Å²) in [5.74, 6) is 2.57. The molecular weight excluding hydrogens is 354 g/mol. The van der Waals surface area contributed by atoms with Gasteiger partial charge in [-0.2, -0.15) is 0 Å². The van der Waals surface area contributed by atoms with Crippen LogP contribution in [0.4, 0.5) is 0 Å². The number of benzene rings is 1. The largest absolute Gasteiger partial charge is 0.477 e. The van der Waals surface area contributed by atoms with Crippen LogP contribution in [-0.4, -0.2) is 22.5 Å². The van der Waals surface area contributed by atoms with Crippen LogP contribution in [0.1, 0.15) is 30.7 Å². The number of carbonyl (C=O) groups excluding carboxylic acids is 1. The summed E-state index contributed by atoms with van der Waals surface area (Å²) in [6.45, 7) is 1.19. The number of aryl methyl sites for hydroxylation is 1. The fourth-order valence-corrected chi connectivity index (χ4v) is 2.76. The molecule has 2 aromatic heterocycles. The number of hydrogen-bond donors (Lipinski definition) is 1. The van der Waals surface area contributed by atoms with Crippen molar-refractivity contribution in [2.24, 2.45) is 5.92 Å². The highest BCUT2D eigenvalue weighted by Gasteiger charge is 2.22. The molecule has 0 bridgehead atoms. The van der Waals surface area contributed by atoms with E-state index >= 15 is 0 Å². The van der Waals surface area contributed by atoms with Crippen LogP contribution in [0, 0.1) is 5.92 Å². The summed E-state index contributed by atoms with van der Waals surface area (Å²) in [6.07, 6.45) is 6.73. The zero-order valence-electron chi connectivity index (χ0n) is 15.6. The van der Waals surface area contributed by atoms with Gasteiger partial charge in [0.1, 0.15) is 0 Å². The molecule has 1 aliphatic carbocycles. The van der Waals surface area contributed by atoms with Gasteiger partial charge in [-0.3, -0.25) is 4.79 Å². The molecule has 1 aromatic carbocycles. The molecule has 2 heterocycles. The van der Waals surface area contributed by atoms with Crippen LogP contribution in [0.3, 0.4) is 0 Å². The van der Waals surface area contributed by atoms with Gasteiger partial charge >= 0.3 is 0 Å². The van der Waals surface area contributed by atoms with E-state index in [2.05, 4.69) is 15.3 Å². The first-order chi connectivity index (χ1) is 13.8. The van der Waals surface area contributed by atoms with E-state index in [9.17, 15) is 4.79 Å². The monoisotopic (exact) mass is 377 g/mol. The van der Waals surface area contributed by atoms with Crippen LogP contribution in [0.25, 0.3) is 11.3 Å². The van der Waals surface area contributed by atoms with Crippen molar-refractivity contribution in [1.29, 1.82) is 0 Å². The third kappa shape index (κ3) is 5.19. The summed E-state index contributed by atoms with van der Waals surface area (Å²) in [7, 11) is 0. The topological polar surface area (TPSA) is 77.2 Å². The second-order valence-corrected chi connectivity index (χ2v) is 7.02. The lowest BCUT2D eigenvalue weighted by Gasteiger charge is -2.06. The predicted octanol–water partition coefficient (Wildman–Crippen LogP) is 3.77. The first-order valence-electron chi connectivity index (χ1n) is 9.61. The second kappa shape index (κ2) is 8.69. The molecule has 6 heteroatoms. The molecule has 0 atom stereocenters. The van der Waals surface area contributed by atoms with Gasteiger partial charge in [-0.25, -0.2) is 9.97 Å². The first-order valence-corrected chi connectivity index (χ1v) is 9.61. The lowest BCUT2D eigenvalue weighted by atomic mass is 10.2. The van der Waals surface area contributed by atoms with Crippen LogP contribution in [0.5, 0.6) is 5.88 Å². The Kier molecular flexibility index (Phi) is 5.66. The Bertz CT molecular complexity index is 902. The smallest absolute Gasteiger partial charge is 0.220 e. The number of nitrogens with zero attached hydrogens (tertiary/aromatic N) is 2. The van der Waals surface area contributed by atoms with E-state index in [1.165, 1.54) is 12.8 Å². The van der Waals surface area contributed by atoms with Crippen molar-refractivity contribution in [2.45, 2.75) is 32.2 Å². The molecular formula is C22H23N3O3. The van der Waals surface area contributed by atoms with Crippen LogP contribution in [0.15, 0.2) is 59.3 Å². The van der Waals surface area contributed by atoms with Crippen molar-refractivity contribution in [2.75, 3.05) is 6.61 Å². The van der Waals surface area contributed by atoms with E-state index in [0.717, 1.165) is 17.7 Å². The molecule has 1 aliphatic rings. The average Bonchev–Trinajstić information content (AvgIpc) is 3.45. The Labute approximate surface area is 164 Å². The lowest BCUT2D eigenvalue weighted by Crippen LogP contribution is -2.23. The molecule has 3 aromatic rings. The average molecular weight is 377 g/mol. The Morgan fingerprint density at radius 2 is 1.96 bits per heavy atom. The minimum Gasteiger partial charge on any atom is -0.477 e. The van der Waals surface area contributed by atoms with Crippen molar-refractivity contribution in [1.82, 2.24) is 15.3 Å². The van der Waals surface area contributed by atoms with Crippen LogP contribution >= 0.6 is 0 Å². The minimum atomic E-state index is -0.0477.